The van der Waals surface area contributed by atoms with Crippen molar-refractivity contribution in [3.63, 3.8) is 0 Å². The van der Waals surface area contributed by atoms with Crippen LogP contribution in [0.3, 0.4) is 0 Å². The zero-order chi connectivity index (χ0) is 17.8. The molecule has 2 aromatic heterocycles. The Morgan fingerprint density at radius 3 is 2.56 bits per heavy atom. The molecule has 4 heteroatoms. The van der Waals surface area contributed by atoms with Gasteiger partial charge in [-0.2, -0.15) is 0 Å². The summed E-state index contributed by atoms with van der Waals surface area (Å²) in [6.45, 7) is 8.89. The van der Waals surface area contributed by atoms with Gasteiger partial charge in [0.15, 0.2) is 0 Å². The van der Waals surface area contributed by atoms with Crippen molar-refractivity contribution in [2.24, 2.45) is 5.92 Å². The second-order valence-electron chi connectivity index (χ2n) is 7.07. The minimum atomic E-state index is -0.0205. The molecule has 25 heavy (non-hydrogen) atoms. The molecule has 4 nitrogen and oxygen atoms in total. The average molecular weight is 335 g/mol. The maximum absolute atomic E-state index is 12.4. The van der Waals surface area contributed by atoms with Crippen molar-refractivity contribution in [2.45, 2.75) is 33.9 Å². The summed E-state index contributed by atoms with van der Waals surface area (Å²) in [6, 6.07) is 16.0. The third-order valence-electron chi connectivity index (χ3n) is 4.12. The highest BCUT2D eigenvalue weighted by molar-refractivity contribution is 5.39. The van der Waals surface area contributed by atoms with Crippen LogP contribution in [0.2, 0.25) is 0 Å². The van der Waals surface area contributed by atoms with E-state index in [9.17, 15) is 4.79 Å². The van der Waals surface area contributed by atoms with E-state index in [2.05, 4.69) is 48.0 Å². The van der Waals surface area contributed by atoms with Gasteiger partial charge in [0, 0.05) is 31.9 Å². The number of fused-ring (bicyclic) bond motifs is 1. The first-order chi connectivity index (χ1) is 12.0. The Morgan fingerprint density at radius 1 is 1.08 bits per heavy atom. The molecule has 0 aliphatic rings. The van der Waals surface area contributed by atoms with Crippen LogP contribution in [0.5, 0.6) is 0 Å². The number of rotatable bonds is 6. The summed E-state index contributed by atoms with van der Waals surface area (Å²) >= 11 is 0. The summed E-state index contributed by atoms with van der Waals surface area (Å²) in [6.07, 6.45) is 1.84. The molecule has 0 aliphatic carbocycles. The summed E-state index contributed by atoms with van der Waals surface area (Å²) in [5.41, 5.74) is 3.83. The predicted octanol–water partition coefficient (Wildman–Crippen LogP) is 3.66. The fourth-order valence-corrected chi connectivity index (χ4v) is 3.11. The Bertz CT molecular complexity index is 900. The fraction of sp³-hybridized carbons (Fsp3) is 0.333. The molecule has 0 N–H and O–H groups in total. The van der Waals surface area contributed by atoms with E-state index in [-0.39, 0.29) is 5.56 Å². The first-order valence-corrected chi connectivity index (χ1v) is 8.76. The third kappa shape index (κ3) is 4.54. The summed E-state index contributed by atoms with van der Waals surface area (Å²) < 4.78 is 1.61. The van der Waals surface area contributed by atoms with Gasteiger partial charge in [0.25, 0.3) is 5.56 Å². The average Bonchev–Trinajstić information content (AvgIpc) is 2.56. The molecule has 0 amide bonds. The molecular formula is C21H25N3O. The first kappa shape index (κ1) is 17.4. The van der Waals surface area contributed by atoms with E-state index in [0.717, 1.165) is 24.3 Å². The third-order valence-corrected chi connectivity index (χ3v) is 4.12. The summed E-state index contributed by atoms with van der Waals surface area (Å²) in [7, 11) is 0. The standard InChI is InChI=1S/C21H25N3O/c1-16(2)12-23(14-18-7-5-4-6-8-18)15-19-11-21(25)24-13-17(3)9-10-20(24)22-19/h4-11,13,16H,12,14-15H2,1-3H3. The SMILES string of the molecule is Cc1ccc2nc(CN(Cc3ccccc3)CC(C)C)cc(=O)n2c1. The number of nitrogens with zero attached hydrogens (tertiary/aromatic N) is 3. The Labute approximate surface area is 148 Å². The van der Waals surface area contributed by atoms with Gasteiger partial charge in [0.05, 0.1) is 5.69 Å². The van der Waals surface area contributed by atoms with Crippen LogP contribution in [-0.2, 0) is 13.1 Å². The zero-order valence-electron chi connectivity index (χ0n) is 15.1. The molecule has 0 saturated heterocycles. The lowest BCUT2D eigenvalue weighted by Gasteiger charge is -2.24. The minimum absolute atomic E-state index is 0.0205. The predicted molar refractivity (Wildman–Crippen MR) is 102 cm³/mol. The number of pyridine rings is 1. The molecule has 3 rings (SSSR count). The molecule has 0 radical (unpaired) electrons. The van der Waals surface area contributed by atoms with Crippen LogP contribution in [0.4, 0.5) is 0 Å². The maximum atomic E-state index is 12.4. The lowest BCUT2D eigenvalue weighted by molar-refractivity contribution is 0.225. The molecule has 0 atom stereocenters. The van der Waals surface area contributed by atoms with Crippen LogP contribution in [0.25, 0.3) is 5.65 Å². The number of aryl methyl sites for hydroxylation is 1. The molecule has 0 fully saturated rings. The molecule has 0 aliphatic heterocycles. The van der Waals surface area contributed by atoms with Gasteiger partial charge in [-0.05, 0) is 30.0 Å². The zero-order valence-corrected chi connectivity index (χ0v) is 15.1. The summed E-state index contributed by atoms with van der Waals surface area (Å²) in [5.74, 6) is 0.549. The molecule has 3 aromatic rings. The molecular weight excluding hydrogens is 310 g/mol. The van der Waals surface area contributed by atoms with Gasteiger partial charge in [0.2, 0.25) is 0 Å². The van der Waals surface area contributed by atoms with Gasteiger partial charge in [-0.3, -0.25) is 14.1 Å². The van der Waals surface area contributed by atoms with E-state index in [1.54, 1.807) is 10.5 Å². The Balaban J connectivity index is 1.87. The van der Waals surface area contributed by atoms with Crippen LogP contribution in [-0.4, -0.2) is 20.8 Å². The highest BCUT2D eigenvalue weighted by Gasteiger charge is 2.11. The van der Waals surface area contributed by atoms with Gasteiger partial charge in [-0.25, -0.2) is 4.98 Å². The highest BCUT2D eigenvalue weighted by Crippen LogP contribution is 2.11. The Kier molecular flexibility index (Phi) is 5.29. The van der Waals surface area contributed by atoms with E-state index in [4.69, 9.17) is 0 Å². The van der Waals surface area contributed by atoms with Crippen molar-refractivity contribution < 1.29 is 0 Å². The second-order valence-corrected chi connectivity index (χ2v) is 7.07. The van der Waals surface area contributed by atoms with Gasteiger partial charge in [0.1, 0.15) is 5.65 Å². The van der Waals surface area contributed by atoms with E-state index < -0.39 is 0 Å². The molecule has 0 spiro atoms. The van der Waals surface area contributed by atoms with E-state index >= 15 is 0 Å². The Morgan fingerprint density at radius 2 is 1.84 bits per heavy atom. The molecule has 0 bridgehead atoms. The number of aromatic nitrogens is 2. The van der Waals surface area contributed by atoms with Crippen molar-refractivity contribution in [2.75, 3.05) is 6.54 Å². The van der Waals surface area contributed by atoms with Crippen molar-refractivity contribution in [3.8, 4) is 0 Å². The van der Waals surface area contributed by atoms with Gasteiger partial charge in [-0.15, -0.1) is 0 Å². The molecule has 130 valence electrons. The van der Waals surface area contributed by atoms with E-state index in [1.165, 1.54) is 5.56 Å². The topological polar surface area (TPSA) is 37.6 Å². The van der Waals surface area contributed by atoms with Crippen LogP contribution in [0.15, 0.2) is 59.5 Å². The quantitative estimate of drug-likeness (QED) is 0.690. The summed E-state index contributed by atoms with van der Waals surface area (Å²) in [5, 5.41) is 0. The van der Waals surface area contributed by atoms with Gasteiger partial charge < -0.3 is 0 Å². The molecule has 2 heterocycles. The second kappa shape index (κ2) is 7.62. The van der Waals surface area contributed by atoms with Crippen molar-refractivity contribution >= 4 is 5.65 Å². The lowest BCUT2D eigenvalue weighted by atomic mass is 10.1. The molecule has 0 saturated carbocycles. The molecule has 0 unspecified atom stereocenters. The largest absolute Gasteiger partial charge is 0.293 e. The minimum Gasteiger partial charge on any atom is -0.293 e. The first-order valence-electron chi connectivity index (χ1n) is 8.76. The van der Waals surface area contributed by atoms with Gasteiger partial charge in [-0.1, -0.05) is 50.2 Å². The van der Waals surface area contributed by atoms with Crippen LogP contribution < -0.4 is 5.56 Å². The lowest BCUT2D eigenvalue weighted by Crippen LogP contribution is -2.28. The van der Waals surface area contributed by atoms with Crippen molar-refractivity contribution in [1.82, 2.24) is 14.3 Å². The van der Waals surface area contributed by atoms with Gasteiger partial charge >= 0.3 is 0 Å². The number of benzene rings is 1. The maximum Gasteiger partial charge on any atom is 0.258 e. The van der Waals surface area contributed by atoms with Crippen molar-refractivity contribution in [1.29, 1.82) is 0 Å². The summed E-state index contributed by atoms with van der Waals surface area (Å²) in [4.78, 5) is 19.5. The van der Waals surface area contributed by atoms with Crippen LogP contribution >= 0.6 is 0 Å². The van der Waals surface area contributed by atoms with Crippen molar-refractivity contribution in [3.05, 3.63) is 81.9 Å². The number of hydrogen-bond donors (Lipinski definition) is 0. The normalized spacial score (nSPS) is 11.6. The highest BCUT2D eigenvalue weighted by atomic mass is 16.1. The monoisotopic (exact) mass is 335 g/mol. The fourth-order valence-electron chi connectivity index (χ4n) is 3.11. The molecule has 1 aromatic carbocycles. The van der Waals surface area contributed by atoms with E-state index in [0.29, 0.717) is 18.1 Å². The van der Waals surface area contributed by atoms with Crippen LogP contribution in [0, 0.1) is 12.8 Å². The smallest absolute Gasteiger partial charge is 0.258 e. The Hall–Kier alpha value is -2.46. The van der Waals surface area contributed by atoms with Crippen LogP contribution in [0.1, 0.15) is 30.7 Å². The number of hydrogen-bond acceptors (Lipinski definition) is 3. The van der Waals surface area contributed by atoms with E-state index in [1.807, 2.05) is 31.3 Å².